The lowest BCUT2D eigenvalue weighted by Crippen LogP contribution is -2.23. The zero-order chi connectivity index (χ0) is 16.9. The van der Waals surface area contributed by atoms with Gasteiger partial charge in [-0.25, -0.2) is 13.1 Å². The van der Waals surface area contributed by atoms with E-state index in [0.29, 0.717) is 12.5 Å². The van der Waals surface area contributed by atoms with Gasteiger partial charge in [0.05, 0.1) is 11.5 Å². The van der Waals surface area contributed by atoms with Gasteiger partial charge in [0.1, 0.15) is 0 Å². The molecule has 0 aliphatic carbocycles. The maximum absolute atomic E-state index is 12.4. The Kier molecular flexibility index (Phi) is 5.93. The Morgan fingerprint density at radius 1 is 1.04 bits per heavy atom. The van der Waals surface area contributed by atoms with Crippen LogP contribution >= 0.6 is 0 Å². The molecule has 0 amide bonds. The van der Waals surface area contributed by atoms with Crippen molar-refractivity contribution in [3.63, 3.8) is 0 Å². The summed E-state index contributed by atoms with van der Waals surface area (Å²) in [7, 11) is -1.87. The summed E-state index contributed by atoms with van der Waals surface area (Å²) in [5.41, 5.74) is 3.05. The molecule has 0 atom stereocenters. The third-order valence-electron chi connectivity index (χ3n) is 3.63. The van der Waals surface area contributed by atoms with Crippen LogP contribution < -0.4 is 4.72 Å². The number of hydrogen-bond acceptors (Lipinski definition) is 3. The lowest BCUT2D eigenvalue weighted by Gasteiger charge is -2.10. The monoisotopic (exact) mass is 333 g/mol. The van der Waals surface area contributed by atoms with E-state index in [2.05, 4.69) is 18.6 Å². The summed E-state index contributed by atoms with van der Waals surface area (Å²) in [6.45, 7) is 4.92. The number of benzene rings is 2. The minimum atomic E-state index is -3.51. The number of nitrogens with one attached hydrogen (secondary N) is 1. The Labute approximate surface area is 138 Å². The highest BCUT2D eigenvalue weighted by molar-refractivity contribution is 7.89. The van der Waals surface area contributed by atoms with E-state index >= 15 is 0 Å². The molecule has 2 aromatic carbocycles. The van der Waals surface area contributed by atoms with Crippen molar-refractivity contribution in [3.8, 4) is 0 Å². The minimum Gasteiger partial charge on any atom is -0.380 e. The third kappa shape index (κ3) is 4.89. The second kappa shape index (κ2) is 7.73. The highest BCUT2D eigenvalue weighted by Gasteiger charge is 2.14. The maximum Gasteiger partial charge on any atom is 0.240 e. The normalized spacial score (nSPS) is 11.8. The lowest BCUT2D eigenvalue weighted by atomic mass is 10.0. The van der Waals surface area contributed by atoms with Gasteiger partial charge in [-0.15, -0.1) is 0 Å². The number of sulfonamides is 1. The molecule has 5 heteroatoms. The Morgan fingerprint density at radius 2 is 1.70 bits per heavy atom. The summed E-state index contributed by atoms with van der Waals surface area (Å²) in [5.74, 6) is 0.378. The molecule has 0 spiro atoms. The Bertz CT molecular complexity index is 737. The molecule has 2 rings (SSSR count). The van der Waals surface area contributed by atoms with E-state index in [1.165, 1.54) is 0 Å². The largest absolute Gasteiger partial charge is 0.380 e. The molecule has 0 fully saturated rings. The van der Waals surface area contributed by atoms with Gasteiger partial charge in [-0.1, -0.05) is 50.2 Å². The summed E-state index contributed by atoms with van der Waals surface area (Å²) in [6.07, 6.45) is 0. The van der Waals surface area contributed by atoms with E-state index in [1.54, 1.807) is 19.2 Å². The van der Waals surface area contributed by atoms with E-state index in [0.717, 1.165) is 16.7 Å². The minimum absolute atomic E-state index is 0.256. The Hall–Kier alpha value is -1.69. The van der Waals surface area contributed by atoms with Gasteiger partial charge in [-0.3, -0.25) is 0 Å². The van der Waals surface area contributed by atoms with Crippen LogP contribution in [0.4, 0.5) is 0 Å². The lowest BCUT2D eigenvalue weighted by molar-refractivity contribution is 0.185. The van der Waals surface area contributed by atoms with Crippen molar-refractivity contribution in [2.45, 2.75) is 37.8 Å². The van der Waals surface area contributed by atoms with Gasteiger partial charge in [-0.2, -0.15) is 0 Å². The molecule has 0 aromatic heterocycles. The predicted molar refractivity (Wildman–Crippen MR) is 91.7 cm³/mol. The molecule has 124 valence electrons. The highest BCUT2D eigenvalue weighted by Crippen LogP contribution is 2.17. The Morgan fingerprint density at radius 3 is 2.30 bits per heavy atom. The molecule has 0 radical (unpaired) electrons. The summed E-state index contributed by atoms with van der Waals surface area (Å²) in [4.78, 5) is 0.287. The maximum atomic E-state index is 12.4. The zero-order valence-corrected chi connectivity index (χ0v) is 14.6. The highest BCUT2D eigenvalue weighted by atomic mass is 32.2. The average molecular weight is 333 g/mol. The van der Waals surface area contributed by atoms with Crippen LogP contribution in [-0.4, -0.2) is 15.5 Å². The smallest absolute Gasteiger partial charge is 0.240 e. The summed E-state index contributed by atoms with van der Waals surface area (Å²) in [5, 5.41) is 0. The van der Waals surface area contributed by atoms with Gasteiger partial charge >= 0.3 is 0 Å². The van der Waals surface area contributed by atoms with Crippen LogP contribution in [0.1, 0.15) is 36.5 Å². The molecule has 23 heavy (non-hydrogen) atoms. The first-order chi connectivity index (χ1) is 10.9. The van der Waals surface area contributed by atoms with Crippen molar-refractivity contribution in [3.05, 3.63) is 65.2 Å². The van der Waals surface area contributed by atoms with Crippen LogP contribution in [0.5, 0.6) is 0 Å². The van der Waals surface area contributed by atoms with Gasteiger partial charge in [-0.05, 0) is 34.7 Å². The second-order valence-corrected chi connectivity index (χ2v) is 7.57. The molecule has 0 bridgehead atoms. The summed E-state index contributed by atoms with van der Waals surface area (Å²) < 4.78 is 32.5. The summed E-state index contributed by atoms with van der Waals surface area (Å²) in [6, 6.07) is 14.7. The van der Waals surface area contributed by atoms with Crippen molar-refractivity contribution in [1.82, 2.24) is 4.72 Å². The first-order valence-electron chi connectivity index (χ1n) is 7.59. The number of rotatable bonds is 7. The third-order valence-corrected chi connectivity index (χ3v) is 5.04. The average Bonchev–Trinajstić information content (AvgIpc) is 2.54. The van der Waals surface area contributed by atoms with Crippen LogP contribution in [0, 0.1) is 0 Å². The van der Waals surface area contributed by atoms with Crippen LogP contribution in [0.25, 0.3) is 0 Å². The fourth-order valence-electron chi connectivity index (χ4n) is 2.29. The van der Waals surface area contributed by atoms with Crippen molar-refractivity contribution in [1.29, 1.82) is 0 Å². The number of ether oxygens (including phenoxy) is 1. The van der Waals surface area contributed by atoms with E-state index in [4.69, 9.17) is 4.74 Å². The van der Waals surface area contributed by atoms with Crippen molar-refractivity contribution < 1.29 is 13.2 Å². The van der Waals surface area contributed by atoms with Crippen molar-refractivity contribution >= 4 is 10.0 Å². The molecule has 0 unspecified atom stereocenters. The first kappa shape index (κ1) is 17.7. The fourth-order valence-corrected chi connectivity index (χ4v) is 3.31. The second-order valence-electron chi connectivity index (χ2n) is 5.80. The molecule has 0 saturated heterocycles. The van der Waals surface area contributed by atoms with Crippen LogP contribution in [-0.2, 0) is 27.9 Å². The van der Waals surface area contributed by atoms with E-state index in [1.807, 2.05) is 36.4 Å². The molecule has 0 heterocycles. The Balaban J connectivity index is 2.07. The van der Waals surface area contributed by atoms with Gasteiger partial charge < -0.3 is 4.74 Å². The van der Waals surface area contributed by atoms with Gasteiger partial charge in [0.15, 0.2) is 0 Å². The van der Waals surface area contributed by atoms with Crippen molar-refractivity contribution in [2.24, 2.45) is 0 Å². The van der Waals surface area contributed by atoms with E-state index in [9.17, 15) is 8.42 Å². The topological polar surface area (TPSA) is 55.4 Å². The molecule has 2 aromatic rings. The molecular weight excluding hydrogens is 310 g/mol. The van der Waals surface area contributed by atoms with Crippen molar-refractivity contribution in [2.75, 3.05) is 7.11 Å². The SMILES string of the molecule is COCc1cccc(CNS(=O)(=O)c2ccc(C(C)C)cc2)c1. The van der Waals surface area contributed by atoms with Gasteiger partial charge in [0, 0.05) is 13.7 Å². The quantitative estimate of drug-likeness (QED) is 0.844. The fraction of sp³-hybridized carbons (Fsp3) is 0.333. The molecule has 0 aliphatic heterocycles. The standard InChI is InChI=1S/C18H23NO3S/c1-14(2)17-7-9-18(10-8-17)23(20,21)19-12-15-5-4-6-16(11-15)13-22-3/h4-11,14,19H,12-13H2,1-3H3. The van der Waals surface area contributed by atoms with Crippen LogP contribution in [0.2, 0.25) is 0 Å². The number of hydrogen-bond donors (Lipinski definition) is 1. The van der Waals surface area contributed by atoms with Crippen LogP contribution in [0.3, 0.4) is 0 Å². The van der Waals surface area contributed by atoms with E-state index in [-0.39, 0.29) is 11.4 Å². The molecule has 0 aliphatic rings. The zero-order valence-electron chi connectivity index (χ0n) is 13.7. The van der Waals surface area contributed by atoms with E-state index < -0.39 is 10.0 Å². The molecule has 4 nitrogen and oxygen atoms in total. The molecule has 1 N–H and O–H groups in total. The molecule has 0 saturated carbocycles. The molecular formula is C18H23NO3S. The first-order valence-corrected chi connectivity index (χ1v) is 9.07. The number of methoxy groups -OCH3 is 1. The summed E-state index contributed by atoms with van der Waals surface area (Å²) >= 11 is 0. The van der Waals surface area contributed by atoms with Gasteiger partial charge in [0.2, 0.25) is 10.0 Å². The van der Waals surface area contributed by atoms with Gasteiger partial charge in [0.25, 0.3) is 0 Å². The predicted octanol–water partition coefficient (Wildman–Crippen LogP) is 3.43. The van der Waals surface area contributed by atoms with Crippen LogP contribution in [0.15, 0.2) is 53.4 Å².